The van der Waals surface area contributed by atoms with Crippen LogP contribution < -0.4 is 9.64 Å². The van der Waals surface area contributed by atoms with Crippen molar-refractivity contribution >= 4 is 43.4 Å². The number of methoxy groups -OCH3 is 1. The van der Waals surface area contributed by atoms with Crippen LogP contribution in [-0.4, -0.2) is 50.1 Å². The maximum atomic E-state index is 13.5. The summed E-state index contributed by atoms with van der Waals surface area (Å²) in [5, 5.41) is 3.02. The molecular formula is C25H27N3O2S. The molecule has 0 aliphatic heterocycles. The van der Waals surface area contributed by atoms with E-state index in [0.29, 0.717) is 13.0 Å². The molecule has 0 fully saturated rings. The smallest absolute Gasteiger partial charge is 0.233 e. The highest BCUT2D eigenvalue weighted by Gasteiger charge is 2.21. The van der Waals surface area contributed by atoms with Crippen molar-refractivity contribution in [3.05, 3.63) is 66.2 Å². The van der Waals surface area contributed by atoms with Crippen LogP contribution in [-0.2, 0) is 11.2 Å². The van der Waals surface area contributed by atoms with Crippen LogP contribution in [0, 0.1) is 0 Å². The van der Waals surface area contributed by atoms with E-state index < -0.39 is 0 Å². The first-order valence-corrected chi connectivity index (χ1v) is 11.2. The molecule has 5 nitrogen and oxygen atoms in total. The Morgan fingerprint density at radius 3 is 2.65 bits per heavy atom. The number of amides is 1. The van der Waals surface area contributed by atoms with Gasteiger partial charge >= 0.3 is 0 Å². The van der Waals surface area contributed by atoms with Crippen molar-refractivity contribution in [2.45, 2.75) is 12.8 Å². The summed E-state index contributed by atoms with van der Waals surface area (Å²) in [5.74, 6) is 0.840. The number of carbonyl (C=O) groups excluding carboxylic acids is 1. The first kappa shape index (κ1) is 21.3. The maximum absolute atomic E-state index is 13.5. The molecule has 0 N–H and O–H groups in total. The lowest BCUT2D eigenvalue weighted by atomic mass is 10.0. The number of carbonyl (C=O) groups is 1. The van der Waals surface area contributed by atoms with Crippen LogP contribution in [0.25, 0.3) is 21.0 Å². The van der Waals surface area contributed by atoms with Gasteiger partial charge in [-0.2, -0.15) is 0 Å². The largest absolute Gasteiger partial charge is 0.497 e. The number of rotatable bonds is 8. The molecule has 31 heavy (non-hydrogen) atoms. The van der Waals surface area contributed by atoms with E-state index in [4.69, 9.17) is 9.72 Å². The van der Waals surface area contributed by atoms with Gasteiger partial charge in [-0.15, -0.1) is 0 Å². The average molecular weight is 434 g/mol. The lowest BCUT2D eigenvalue weighted by Crippen LogP contribution is -2.34. The molecule has 1 aromatic heterocycles. The number of thiazole rings is 1. The zero-order valence-electron chi connectivity index (χ0n) is 18.2. The Hall–Kier alpha value is -2.96. The fourth-order valence-corrected chi connectivity index (χ4v) is 4.70. The molecule has 0 aliphatic rings. The molecule has 0 unspecified atom stereocenters. The molecule has 0 saturated carbocycles. The molecule has 1 heterocycles. The third-order valence-corrected chi connectivity index (χ3v) is 6.38. The Kier molecular flexibility index (Phi) is 6.49. The number of aromatic nitrogens is 1. The minimum absolute atomic E-state index is 0.0705. The van der Waals surface area contributed by atoms with E-state index in [1.807, 2.05) is 61.5 Å². The van der Waals surface area contributed by atoms with Crippen LogP contribution in [0.5, 0.6) is 5.75 Å². The lowest BCUT2D eigenvalue weighted by Gasteiger charge is -2.21. The van der Waals surface area contributed by atoms with Crippen molar-refractivity contribution in [1.29, 1.82) is 0 Å². The molecule has 160 valence electrons. The minimum atomic E-state index is 0.0705. The number of anilines is 1. The third-order valence-electron chi connectivity index (χ3n) is 5.32. The molecule has 0 radical (unpaired) electrons. The minimum Gasteiger partial charge on any atom is -0.497 e. The molecule has 0 aliphatic carbocycles. The van der Waals surface area contributed by atoms with Gasteiger partial charge in [-0.05, 0) is 55.5 Å². The SMILES string of the molecule is COc1ccc2sc(N(CCCN(C)C)C(=O)Cc3cccc4ccccc34)nc2c1. The van der Waals surface area contributed by atoms with Crippen molar-refractivity contribution in [3.8, 4) is 5.75 Å². The number of ether oxygens (including phenoxy) is 1. The summed E-state index contributed by atoms with van der Waals surface area (Å²) in [6, 6.07) is 20.2. The van der Waals surface area contributed by atoms with Crippen LogP contribution in [0.3, 0.4) is 0 Å². The second-order valence-corrected chi connectivity index (χ2v) is 8.86. The highest BCUT2D eigenvalue weighted by molar-refractivity contribution is 7.22. The number of benzene rings is 3. The van der Waals surface area contributed by atoms with Crippen LogP contribution in [0.2, 0.25) is 0 Å². The molecule has 0 bridgehead atoms. The summed E-state index contributed by atoms with van der Waals surface area (Å²) in [5.41, 5.74) is 1.90. The quantitative estimate of drug-likeness (QED) is 0.393. The molecule has 0 saturated heterocycles. The van der Waals surface area contributed by atoms with Gasteiger partial charge in [-0.3, -0.25) is 9.69 Å². The number of hydrogen-bond donors (Lipinski definition) is 0. The zero-order chi connectivity index (χ0) is 21.8. The number of hydrogen-bond acceptors (Lipinski definition) is 5. The van der Waals surface area contributed by atoms with Gasteiger partial charge in [0.2, 0.25) is 5.91 Å². The molecule has 6 heteroatoms. The Morgan fingerprint density at radius 1 is 1.03 bits per heavy atom. The van der Waals surface area contributed by atoms with E-state index in [0.717, 1.165) is 50.4 Å². The van der Waals surface area contributed by atoms with E-state index in [9.17, 15) is 4.79 Å². The summed E-state index contributed by atoms with van der Waals surface area (Å²) >= 11 is 1.55. The van der Waals surface area contributed by atoms with Gasteiger partial charge in [0.05, 0.1) is 23.7 Å². The molecule has 4 rings (SSSR count). The molecular weight excluding hydrogens is 406 g/mol. The first-order valence-electron chi connectivity index (χ1n) is 10.4. The molecule has 0 spiro atoms. The van der Waals surface area contributed by atoms with Gasteiger partial charge in [-0.25, -0.2) is 4.98 Å². The maximum Gasteiger partial charge on any atom is 0.233 e. The molecule has 3 aromatic carbocycles. The predicted molar refractivity (Wildman–Crippen MR) is 129 cm³/mol. The Bertz CT molecular complexity index is 1200. The highest BCUT2D eigenvalue weighted by Crippen LogP contribution is 2.32. The fourth-order valence-electron chi connectivity index (χ4n) is 3.71. The van der Waals surface area contributed by atoms with Crippen molar-refractivity contribution in [1.82, 2.24) is 9.88 Å². The summed E-state index contributed by atoms with van der Waals surface area (Å²) < 4.78 is 6.38. The predicted octanol–water partition coefficient (Wildman–Crippen LogP) is 4.99. The van der Waals surface area contributed by atoms with Gasteiger partial charge in [0.15, 0.2) is 5.13 Å². The van der Waals surface area contributed by atoms with E-state index in [1.165, 1.54) is 0 Å². The van der Waals surface area contributed by atoms with Crippen molar-refractivity contribution in [2.75, 3.05) is 39.2 Å². The number of fused-ring (bicyclic) bond motifs is 2. The second-order valence-electron chi connectivity index (χ2n) is 7.85. The summed E-state index contributed by atoms with van der Waals surface area (Å²) in [6.45, 7) is 1.55. The average Bonchev–Trinajstić information content (AvgIpc) is 3.19. The molecule has 1 amide bonds. The summed E-state index contributed by atoms with van der Waals surface area (Å²) in [4.78, 5) is 22.2. The highest BCUT2D eigenvalue weighted by atomic mass is 32.1. The molecule has 0 atom stereocenters. The summed E-state index contributed by atoms with van der Waals surface area (Å²) in [7, 11) is 5.74. The summed E-state index contributed by atoms with van der Waals surface area (Å²) in [6.07, 6.45) is 1.23. The van der Waals surface area contributed by atoms with Crippen LogP contribution in [0.15, 0.2) is 60.7 Å². The normalized spacial score (nSPS) is 11.4. The van der Waals surface area contributed by atoms with Crippen molar-refractivity contribution in [2.24, 2.45) is 0 Å². The van der Waals surface area contributed by atoms with E-state index >= 15 is 0 Å². The van der Waals surface area contributed by atoms with E-state index in [1.54, 1.807) is 18.4 Å². The van der Waals surface area contributed by atoms with Crippen molar-refractivity contribution in [3.63, 3.8) is 0 Å². The van der Waals surface area contributed by atoms with E-state index in [2.05, 4.69) is 23.1 Å². The van der Waals surface area contributed by atoms with Gasteiger partial charge in [-0.1, -0.05) is 53.8 Å². The second kappa shape index (κ2) is 9.45. The van der Waals surface area contributed by atoms with Gasteiger partial charge in [0.1, 0.15) is 5.75 Å². The van der Waals surface area contributed by atoms with Crippen LogP contribution >= 0.6 is 11.3 Å². The Morgan fingerprint density at radius 2 is 1.84 bits per heavy atom. The van der Waals surface area contributed by atoms with E-state index in [-0.39, 0.29) is 5.91 Å². The Labute approximate surface area is 186 Å². The molecule has 4 aromatic rings. The number of nitrogens with zero attached hydrogens (tertiary/aromatic N) is 3. The Balaban J connectivity index is 1.64. The standard InChI is InChI=1S/C25H27N3O2S/c1-27(2)14-7-15-28(25-26-22-17-20(30-3)12-13-23(22)31-25)24(29)16-19-10-6-9-18-8-4-5-11-21(18)19/h4-6,8-13,17H,7,14-16H2,1-3H3. The lowest BCUT2D eigenvalue weighted by molar-refractivity contribution is -0.118. The van der Waals surface area contributed by atoms with Crippen molar-refractivity contribution < 1.29 is 9.53 Å². The van der Waals surface area contributed by atoms with Gasteiger partial charge < -0.3 is 9.64 Å². The van der Waals surface area contributed by atoms with Gasteiger partial charge in [0, 0.05) is 12.6 Å². The van der Waals surface area contributed by atoms with Gasteiger partial charge in [0.25, 0.3) is 0 Å². The van der Waals surface area contributed by atoms with Crippen LogP contribution in [0.1, 0.15) is 12.0 Å². The van der Waals surface area contributed by atoms with Crippen LogP contribution in [0.4, 0.5) is 5.13 Å². The monoisotopic (exact) mass is 433 g/mol. The topological polar surface area (TPSA) is 45.7 Å². The fraction of sp³-hybridized carbons (Fsp3) is 0.280. The first-order chi connectivity index (χ1) is 15.0. The third kappa shape index (κ3) is 4.86. The zero-order valence-corrected chi connectivity index (χ0v) is 19.0.